The molecule has 3 amide bonds. The normalized spacial score (nSPS) is 26.0. The summed E-state index contributed by atoms with van der Waals surface area (Å²) in [7, 11) is 0. The highest BCUT2D eigenvalue weighted by atomic mass is 16.6. The molecule has 0 saturated heterocycles. The molecule has 0 radical (unpaired) electrons. The molecule has 0 unspecified atom stereocenters. The van der Waals surface area contributed by atoms with E-state index in [-0.39, 0.29) is 36.0 Å². The maximum Gasteiger partial charge on any atom is 0.410 e. The fourth-order valence-corrected chi connectivity index (χ4v) is 13.9. The van der Waals surface area contributed by atoms with Gasteiger partial charge in [0.1, 0.15) is 12.6 Å². The first kappa shape index (κ1) is 57.5. The lowest BCUT2D eigenvalue weighted by molar-refractivity contribution is -0.122. The van der Waals surface area contributed by atoms with E-state index in [1.165, 1.54) is 153 Å². The third-order valence-corrected chi connectivity index (χ3v) is 18.0. The van der Waals surface area contributed by atoms with Crippen LogP contribution in [-0.2, 0) is 14.3 Å². The Morgan fingerprint density at radius 3 is 1.93 bits per heavy atom. The van der Waals surface area contributed by atoms with Gasteiger partial charge in [-0.15, -0.1) is 0 Å². The Kier molecular flexibility index (Phi) is 27.5. The van der Waals surface area contributed by atoms with E-state index in [1.54, 1.807) is 4.90 Å². The Labute approximate surface area is 413 Å². The molecule has 3 saturated carbocycles. The molecule has 4 aliphatic rings. The van der Waals surface area contributed by atoms with E-state index >= 15 is 0 Å². The molecule has 4 rings (SSSR count). The number of nitrogens with one attached hydrogen (secondary N) is 2. The first-order valence-electron chi connectivity index (χ1n) is 29.3. The Morgan fingerprint density at radius 1 is 0.687 bits per heavy atom. The van der Waals surface area contributed by atoms with Crippen LogP contribution in [0.4, 0.5) is 4.79 Å². The molecule has 0 aliphatic heterocycles. The van der Waals surface area contributed by atoms with Crippen molar-refractivity contribution < 1.29 is 19.1 Å². The first-order valence-corrected chi connectivity index (χ1v) is 29.3. The van der Waals surface area contributed by atoms with Crippen molar-refractivity contribution in [3.8, 4) is 0 Å². The summed E-state index contributed by atoms with van der Waals surface area (Å²) in [4.78, 5) is 40.9. The van der Waals surface area contributed by atoms with Crippen LogP contribution in [0.5, 0.6) is 0 Å². The van der Waals surface area contributed by atoms with Crippen LogP contribution >= 0.6 is 0 Å². The molecule has 8 atom stereocenters. The number of fused-ring (bicyclic) bond motifs is 5. The van der Waals surface area contributed by atoms with Crippen molar-refractivity contribution in [2.45, 2.75) is 266 Å². The molecule has 67 heavy (non-hydrogen) atoms. The molecule has 0 heterocycles. The molecule has 8 nitrogen and oxygen atoms in total. The second-order valence-electron chi connectivity index (χ2n) is 23.6. The number of allylic oxidation sites excluding steroid dienone is 1. The maximum atomic E-state index is 13.8. The standard InChI is InChI=1S/C59H108N4O4/c1-7-8-9-10-11-12-13-14-15-16-17-18-19-20-21-22-25-32-55(64)61-42-26-23-24-27-44-63(46-56(65)62-43-29-41-60)57(66)67-50-37-39-58(5)49(45-50)33-34-51-53-36-35-52(48(4)31-28-30-47(2)3)59(53,6)40-38-54(51)58/h33,47-48,50-54H,7-32,34-46,60H2,1-6H3,(H,61,64)(H,62,65)/t48-,50+,51+,52-,53+,54+,58+,59-/m1/s1. The summed E-state index contributed by atoms with van der Waals surface area (Å²) in [6.07, 6.45) is 43.5. The van der Waals surface area contributed by atoms with Gasteiger partial charge in [0.05, 0.1) is 0 Å². The minimum Gasteiger partial charge on any atom is -0.446 e. The van der Waals surface area contributed by atoms with Gasteiger partial charge in [-0.2, -0.15) is 0 Å². The van der Waals surface area contributed by atoms with Crippen molar-refractivity contribution in [3.63, 3.8) is 0 Å². The molecular formula is C59H108N4O4. The van der Waals surface area contributed by atoms with Gasteiger partial charge in [0.15, 0.2) is 0 Å². The van der Waals surface area contributed by atoms with Crippen LogP contribution in [0.25, 0.3) is 0 Å². The average molecular weight is 938 g/mol. The van der Waals surface area contributed by atoms with Crippen LogP contribution in [0.1, 0.15) is 260 Å². The summed E-state index contributed by atoms with van der Waals surface area (Å²) < 4.78 is 6.30. The molecule has 3 fully saturated rings. The molecule has 0 aromatic carbocycles. The van der Waals surface area contributed by atoms with Gasteiger partial charge in [0.2, 0.25) is 11.8 Å². The summed E-state index contributed by atoms with van der Waals surface area (Å²) in [6, 6.07) is 0. The van der Waals surface area contributed by atoms with Gasteiger partial charge in [-0.25, -0.2) is 4.79 Å². The number of carbonyl (C=O) groups is 3. The summed E-state index contributed by atoms with van der Waals surface area (Å²) in [6.45, 7) is 17.0. The van der Waals surface area contributed by atoms with E-state index in [9.17, 15) is 14.4 Å². The monoisotopic (exact) mass is 937 g/mol. The molecular weight excluding hydrogens is 829 g/mol. The summed E-state index contributed by atoms with van der Waals surface area (Å²) in [5, 5.41) is 6.06. The largest absolute Gasteiger partial charge is 0.446 e. The number of ether oxygens (including phenoxy) is 1. The van der Waals surface area contributed by atoms with Crippen LogP contribution in [-0.4, -0.2) is 61.6 Å². The quantitative estimate of drug-likeness (QED) is 0.0428. The van der Waals surface area contributed by atoms with Gasteiger partial charge >= 0.3 is 6.09 Å². The van der Waals surface area contributed by atoms with Gasteiger partial charge in [-0.3, -0.25) is 14.5 Å². The van der Waals surface area contributed by atoms with Crippen LogP contribution < -0.4 is 16.4 Å². The van der Waals surface area contributed by atoms with Gasteiger partial charge in [0.25, 0.3) is 0 Å². The van der Waals surface area contributed by atoms with E-state index in [4.69, 9.17) is 10.5 Å². The van der Waals surface area contributed by atoms with Crippen molar-refractivity contribution in [3.05, 3.63) is 11.6 Å². The summed E-state index contributed by atoms with van der Waals surface area (Å²) in [5.74, 6) is 4.85. The fourth-order valence-electron chi connectivity index (χ4n) is 13.9. The second-order valence-corrected chi connectivity index (χ2v) is 23.6. The maximum absolute atomic E-state index is 13.8. The van der Waals surface area contributed by atoms with E-state index in [0.717, 1.165) is 93.3 Å². The Balaban J connectivity index is 1.10. The number of rotatable bonds is 36. The number of hydrogen-bond acceptors (Lipinski definition) is 5. The predicted octanol–water partition coefficient (Wildman–Crippen LogP) is 15.0. The second kappa shape index (κ2) is 32.0. The Bertz CT molecular complexity index is 1420. The van der Waals surface area contributed by atoms with Gasteiger partial charge in [-0.05, 0) is 124 Å². The summed E-state index contributed by atoms with van der Waals surface area (Å²) in [5.41, 5.74) is 7.87. The van der Waals surface area contributed by atoms with Crippen LogP contribution in [0.3, 0.4) is 0 Å². The van der Waals surface area contributed by atoms with Crippen LogP contribution in [0, 0.1) is 46.3 Å². The SMILES string of the molecule is CCCCCCCCCCCCCCCCCCCC(=O)NCCCCCCN(CC(=O)NCCCN)C(=O)O[C@H]1CC[C@@]2(C)C(=CC[C@H]3[C@@H]4CC[C@H]([C@H](C)CCCC(C)C)[C@@]4(C)CC[C@@H]32)C1. The minimum atomic E-state index is -0.360. The van der Waals surface area contributed by atoms with Crippen molar-refractivity contribution in [1.29, 1.82) is 0 Å². The van der Waals surface area contributed by atoms with E-state index in [0.29, 0.717) is 44.4 Å². The molecule has 0 aromatic heterocycles. The van der Waals surface area contributed by atoms with Crippen molar-refractivity contribution in [1.82, 2.24) is 15.5 Å². The fraction of sp³-hybridized carbons (Fsp3) is 0.915. The molecule has 0 aromatic rings. The summed E-state index contributed by atoms with van der Waals surface area (Å²) >= 11 is 0. The smallest absolute Gasteiger partial charge is 0.410 e. The zero-order chi connectivity index (χ0) is 48.3. The minimum absolute atomic E-state index is 0.00718. The average Bonchev–Trinajstić information content (AvgIpc) is 3.66. The number of unbranched alkanes of at least 4 members (excludes halogenated alkanes) is 19. The zero-order valence-corrected chi connectivity index (χ0v) is 44.9. The number of amides is 3. The first-order chi connectivity index (χ1) is 32.4. The van der Waals surface area contributed by atoms with Gasteiger partial charge in [0, 0.05) is 32.5 Å². The van der Waals surface area contributed by atoms with Crippen molar-refractivity contribution >= 4 is 17.9 Å². The van der Waals surface area contributed by atoms with E-state index < -0.39 is 0 Å². The lowest BCUT2D eigenvalue weighted by Gasteiger charge is -2.58. The van der Waals surface area contributed by atoms with Crippen LogP contribution in [0.2, 0.25) is 0 Å². The van der Waals surface area contributed by atoms with Gasteiger partial charge < -0.3 is 21.1 Å². The topological polar surface area (TPSA) is 114 Å². The highest BCUT2D eigenvalue weighted by molar-refractivity contribution is 5.82. The highest BCUT2D eigenvalue weighted by Gasteiger charge is 2.59. The number of nitrogens with zero attached hydrogens (tertiary/aromatic N) is 1. The molecule has 8 heteroatoms. The third-order valence-electron chi connectivity index (χ3n) is 18.0. The number of hydrogen-bond donors (Lipinski definition) is 3. The molecule has 4 N–H and O–H groups in total. The zero-order valence-electron chi connectivity index (χ0n) is 44.9. The lowest BCUT2D eigenvalue weighted by Crippen LogP contribution is -2.51. The van der Waals surface area contributed by atoms with E-state index in [1.807, 2.05) is 0 Å². The molecule has 4 aliphatic carbocycles. The molecule has 388 valence electrons. The van der Waals surface area contributed by atoms with Gasteiger partial charge in [-0.1, -0.05) is 188 Å². The lowest BCUT2D eigenvalue weighted by atomic mass is 9.47. The predicted molar refractivity (Wildman–Crippen MR) is 282 cm³/mol. The van der Waals surface area contributed by atoms with E-state index in [2.05, 4.69) is 58.3 Å². The number of carbonyl (C=O) groups excluding carboxylic acids is 3. The van der Waals surface area contributed by atoms with Crippen molar-refractivity contribution in [2.24, 2.45) is 52.1 Å². The molecule has 0 spiro atoms. The highest BCUT2D eigenvalue weighted by Crippen LogP contribution is 2.67. The number of nitrogens with two attached hydrogens (primary N) is 1. The Morgan fingerprint density at radius 2 is 1.28 bits per heavy atom. The van der Waals surface area contributed by atoms with Crippen molar-refractivity contribution in [2.75, 3.05) is 32.7 Å². The van der Waals surface area contributed by atoms with Crippen LogP contribution in [0.15, 0.2) is 11.6 Å². The third kappa shape index (κ3) is 19.6. The Hall–Kier alpha value is -2.09. The molecule has 0 bridgehead atoms.